The van der Waals surface area contributed by atoms with E-state index >= 15 is 0 Å². The maximum Gasteiger partial charge on any atom is 0.240 e. The van der Waals surface area contributed by atoms with Crippen LogP contribution in [0.2, 0.25) is 0 Å². The van der Waals surface area contributed by atoms with Crippen LogP contribution in [0.25, 0.3) is 0 Å². The topological polar surface area (TPSA) is 70.2 Å². The number of rotatable bonds is 6. The van der Waals surface area contributed by atoms with Gasteiger partial charge in [0.1, 0.15) is 0 Å². The van der Waals surface area contributed by atoms with Gasteiger partial charge in [-0.05, 0) is 73.6 Å². The standard InChI is InChI=1S/C18H23N3O2S2/c1-4-13(2)14-5-7-15(8-6-14)20-18(24)21-16-9-11-17(12-10-16)25(22,23)19-3/h5-13,19H,4H2,1-3H3,(H2,20,21,24). The molecular formula is C18H23N3O2S2. The number of benzene rings is 2. The number of hydrogen-bond donors (Lipinski definition) is 3. The molecule has 0 heterocycles. The van der Waals surface area contributed by atoms with Gasteiger partial charge in [0.15, 0.2) is 5.11 Å². The lowest BCUT2D eigenvalue weighted by Crippen LogP contribution is -2.20. The quantitative estimate of drug-likeness (QED) is 0.666. The van der Waals surface area contributed by atoms with Crippen molar-refractivity contribution >= 4 is 38.7 Å². The lowest BCUT2D eigenvalue weighted by molar-refractivity contribution is 0.588. The largest absolute Gasteiger partial charge is 0.332 e. The molecule has 0 spiro atoms. The first-order chi connectivity index (χ1) is 11.9. The molecule has 0 radical (unpaired) electrons. The lowest BCUT2D eigenvalue weighted by Gasteiger charge is -2.13. The Morgan fingerprint density at radius 1 is 1.00 bits per heavy atom. The molecule has 2 rings (SSSR count). The van der Waals surface area contributed by atoms with Gasteiger partial charge in [-0.1, -0.05) is 26.0 Å². The first kappa shape index (κ1) is 19.4. The van der Waals surface area contributed by atoms with Gasteiger partial charge in [-0.3, -0.25) is 0 Å². The van der Waals surface area contributed by atoms with Gasteiger partial charge >= 0.3 is 0 Å². The molecule has 7 heteroatoms. The molecule has 0 fully saturated rings. The molecule has 25 heavy (non-hydrogen) atoms. The Bertz CT molecular complexity index is 816. The van der Waals surface area contributed by atoms with Crippen molar-refractivity contribution in [2.75, 3.05) is 17.7 Å². The predicted molar refractivity (Wildman–Crippen MR) is 108 cm³/mol. The molecule has 5 nitrogen and oxygen atoms in total. The molecule has 0 saturated heterocycles. The number of anilines is 2. The highest BCUT2D eigenvalue weighted by Gasteiger charge is 2.10. The van der Waals surface area contributed by atoms with Gasteiger partial charge in [-0.15, -0.1) is 0 Å². The Hall–Kier alpha value is -1.96. The van der Waals surface area contributed by atoms with Crippen molar-refractivity contribution in [3.05, 3.63) is 54.1 Å². The summed E-state index contributed by atoms with van der Waals surface area (Å²) in [4.78, 5) is 0.208. The Labute approximate surface area is 154 Å². The SMILES string of the molecule is CCC(C)c1ccc(NC(=S)Nc2ccc(S(=O)(=O)NC)cc2)cc1. The van der Waals surface area contributed by atoms with Crippen molar-refractivity contribution in [3.63, 3.8) is 0 Å². The highest BCUT2D eigenvalue weighted by Crippen LogP contribution is 2.21. The summed E-state index contributed by atoms with van der Waals surface area (Å²) in [5.41, 5.74) is 2.91. The third-order valence-corrected chi connectivity index (χ3v) is 5.68. The number of thiocarbonyl (C=S) groups is 1. The summed E-state index contributed by atoms with van der Waals surface area (Å²) >= 11 is 5.30. The van der Waals surface area contributed by atoms with Crippen LogP contribution in [0.3, 0.4) is 0 Å². The highest BCUT2D eigenvalue weighted by molar-refractivity contribution is 7.89. The third kappa shape index (κ3) is 5.26. The van der Waals surface area contributed by atoms with E-state index in [4.69, 9.17) is 12.2 Å². The van der Waals surface area contributed by atoms with Crippen LogP contribution < -0.4 is 15.4 Å². The summed E-state index contributed by atoms with van der Waals surface area (Å²) < 4.78 is 25.7. The summed E-state index contributed by atoms with van der Waals surface area (Å²) in [6, 6.07) is 14.6. The minimum atomic E-state index is -3.43. The van der Waals surface area contributed by atoms with E-state index in [1.54, 1.807) is 12.1 Å². The zero-order valence-electron chi connectivity index (χ0n) is 14.5. The minimum absolute atomic E-state index is 0.208. The molecule has 2 aromatic rings. The van der Waals surface area contributed by atoms with Gasteiger partial charge in [-0.2, -0.15) is 0 Å². The highest BCUT2D eigenvalue weighted by atomic mass is 32.2. The molecule has 0 amide bonds. The Morgan fingerprint density at radius 3 is 1.92 bits per heavy atom. The van der Waals surface area contributed by atoms with E-state index in [-0.39, 0.29) is 4.90 Å². The maximum atomic E-state index is 11.7. The van der Waals surface area contributed by atoms with Crippen LogP contribution in [0.5, 0.6) is 0 Å². The van der Waals surface area contributed by atoms with Crippen LogP contribution >= 0.6 is 12.2 Å². The molecule has 1 atom stereocenters. The van der Waals surface area contributed by atoms with Gasteiger partial charge in [0, 0.05) is 11.4 Å². The maximum absolute atomic E-state index is 11.7. The Kier molecular flexibility index (Phi) is 6.52. The molecule has 0 aromatic heterocycles. The zero-order chi connectivity index (χ0) is 18.4. The van der Waals surface area contributed by atoms with Crippen LogP contribution in [-0.2, 0) is 10.0 Å². The average Bonchev–Trinajstić information content (AvgIpc) is 2.62. The van der Waals surface area contributed by atoms with Crippen molar-refractivity contribution < 1.29 is 8.42 Å². The second-order valence-corrected chi connectivity index (χ2v) is 8.04. The van der Waals surface area contributed by atoms with E-state index in [0.29, 0.717) is 16.7 Å². The summed E-state index contributed by atoms with van der Waals surface area (Å²) in [5, 5.41) is 6.61. The number of hydrogen-bond acceptors (Lipinski definition) is 3. The van der Waals surface area contributed by atoms with E-state index in [1.807, 2.05) is 12.1 Å². The van der Waals surface area contributed by atoms with Gasteiger partial charge in [-0.25, -0.2) is 13.1 Å². The molecular weight excluding hydrogens is 354 g/mol. The molecule has 2 aromatic carbocycles. The average molecular weight is 378 g/mol. The Balaban J connectivity index is 1.98. The summed E-state index contributed by atoms with van der Waals surface area (Å²) in [7, 11) is -2.05. The normalized spacial score (nSPS) is 12.4. The lowest BCUT2D eigenvalue weighted by atomic mass is 9.99. The first-order valence-corrected chi connectivity index (χ1v) is 9.96. The van der Waals surface area contributed by atoms with Crippen LogP contribution in [-0.4, -0.2) is 20.6 Å². The summed E-state index contributed by atoms with van der Waals surface area (Å²) in [6.45, 7) is 4.37. The third-order valence-electron chi connectivity index (χ3n) is 4.04. The van der Waals surface area contributed by atoms with Crippen LogP contribution in [0.4, 0.5) is 11.4 Å². The number of nitrogens with one attached hydrogen (secondary N) is 3. The van der Waals surface area contributed by atoms with Gasteiger partial charge in [0.25, 0.3) is 0 Å². The summed E-state index contributed by atoms with van der Waals surface area (Å²) in [6.07, 6.45) is 1.10. The van der Waals surface area contributed by atoms with Crippen molar-refractivity contribution in [1.82, 2.24) is 4.72 Å². The molecule has 0 aliphatic carbocycles. The molecule has 3 N–H and O–H groups in total. The Morgan fingerprint density at radius 2 is 1.48 bits per heavy atom. The van der Waals surface area contributed by atoms with E-state index in [1.165, 1.54) is 24.7 Å². The minimum Gasteiger partial charge on any atom is -0.332 e. The fraction of sp³-hybridized carbons (Fsp3) is 0.278. The second kappa shape index (κ2) is 8.42. The van der Waals surface area contributed by atoms with Crippen molar-refractivity contribution in [2.24, 2.45) is 0 Å². The molecule has 1 unspecified atom stereocenters. The zero-order valence-corrected chi connectivity index (χ0v) is 16.2. The van der Waals surface area contributed by atoms with Gasteiger partial charge < -0.3 is 10.6 Å². The van der Waals surface area contributed by atoms with Crippen molar-refractivity contribution in [3.8, 4) is 0 Å². The monoisotopic (exact) mass is 377 g/mol. The predicted octanol–water partition coefficient (Wildman–Crippen LogP) is 3.92. The van der Waals surface area contributed by atoms with Crippen LogP contribution in [0, 0.1) is 0 Å². The van der Waals surface area contributed by atoms with E-state index in [0.717, 1.165) is 12.1 Å². The van der Waals surface area contributed by atoms with E-state index in [2.05, 4.69) is 41.3 Å². The van der Waals surface area contributed by atoms with E-state index < -0.39 is 10.0 Å². The molecule has 0 saturated carbocycles. The molecule has 134 valence electrons. The number of sulfonamides is 1. The molecule has 0 aliphatic heterocycles. The fourth-order valence-corrected chi connectivity index (χ4v) is 3.23. The van der Waals surface area contributed by atoms with Gasteiger partial charge in [0.05, 0.1) is 4.90 Å². The smallest absolute Gasteiger partial charge is 0.240 e. The van der Waals surface area contributed by atoms with Crippen molar-refractivity contribution in [2.45, 2.75) is 31.1 Å². The van der Waals surface area contributed by atoms with Gasteiger partial charge in [0.2, 0.25) is 10.0 Å². The fourth-order valence-electron chi connectivity index (χ4n) is 2.26. The molecule has 0 aliphatic rings. The second-order valence-electron chi connectivity index (χ2n) is 5.74. The van der Waals surface area contributed by atoms with E-state index in [9.17, 15) is 8.42 Å². The summed E-state index contributed by atoms with van der Waals surface area (Å²) in [5.74, 6) is 0.534. The molecule has 0 bridgehead atoms. The van der Waals surface area contributed by atoms with Crippen molar-refractivity contribution in [1.29, 1.82) is 0 Å². The van der Waals surface area contributed by atoms with Crippen LogP contribution in [0.15, 0.2) is 53.4 Å². The van der Waals surface area contributed by atoms with Crippen LogP contribution in [0.1, 0.15) is 31.7 Å². The first-order valence-electron chi connectivity index (χ1n) is 8.07.